The van der Waals surface area contributed by atoms with Gasteiger partial charge in [-0.3, -0.25) is 9.10 Å². The minimum Gasteiger partial charge on any atom is -0.419 e. The maximum Gasteiger partial charge on any atom is 0.249 e. The van der Waals surface area contributed by atoms with Crippen LogP contribution >= 0.6 is 11.6 Å². The van der Waals surface area contributed by atoms with E-state index in [0.717, 1.165) is 41.9 Å². The van der Waals surface area contributed by atoms with Gasteiger partial charge in [0, 0.05) is 33.6 Å². The molecule has 0 spiro atoms. The molecular formula is C29H37ClFN7O4S. The highest BCUT2D eigenvalue weighted by atomic mass is 35.5. The van der Waals surface area contributed by atoms with Gasteiger partial charge >= 0.3 is 0 Å². The van der Waals surface area contributed by atoms with E-state index in [0.29, 0.717) is 35.7 Å². The van der Waals surface area contributed by atoms with Gasteiger partial charge in [-0.1, -0.05) is 30.7 Å². The third kappa shape index (κ3) is 6.94. The summed E-state index contributed by atoms with van der Waals surface area (Å²) < 4.78 is 46.0. The van der Waals surface area contributed by atoms with Crippen molar-refractivity contribution in [3.05, 3.63) is 52.6 Å². The quantitative estimate of drug-likeness (QED) is 0.352. The first kappa shape index (κ1) is 31.1. The molecule has 3 aromatic rings. The molecule has 1 amide bonds. The van der Waals surface area contributed by atoms with Gasteiger partial charge in [0.2, 0.25) is 27.7 Å². The number of amides is 1. The van der Waals surface area contributed by atoms with E-state index >= 15 is 0 Å². The van der Waals surface area contributed by atoms with Gasteiger partial charge in [0.1, 0.15) is 11.6 Å². The lowest BCUT2D eigenvalue weighted by atomic mass is 9.84. The molecule has 0 bridgehead atoms. The number of carbonyl (C=O) groups excluding carboxylic acids is 1. The molecule has 1 aliphatic heterocycles. The van der Waals surface area contributed by atoms with Gasteiger partial charge < -0.3 is 19.5 Å². The van der Waals surface area contributed by atoms with Crippen LogP contribution in [-0.4, -0.2) is 81.4 Å². The summed E-state index contributed by atoms with van der Waals surface area (Å²) in [6, 6.07) is 7.76. The van der Waals surface area contributed by atoms with Crippen LogP contribution in [0, 0.1) is 17.7 Å². The molecular weight excluding hydrogens is 597 g/mol. The fourth-order valence-electron chi connectivity index (χ4n) is 5.35. The van der Waals surface area contributed by atoms with Gasteiger partial charge in [-0.25, -0.2) is 17.8 Å². The Morgan fingerprint density at radius 2 is 1.88 bits per heavy atom. The Kier molecular flexibility index (Phi) is 8.96. The molecule has 4 atom stereocenters. The number of nitrogens with zero attached hydrogens (tertiary/aromatic N) is 6. The van der Waals surface area contributed by atoms with Gasteiger partial charge in [-0.15, -0.1) is 10.2 Å². The number of carbonyl (C=O) groups is 1. The number of pyridine rings is 1. The number of nitrogens with one attached hydrogen (secondary N) is 1. The van der Waals surface area contributed by atoms with Gasteiger partial charge in [0.15, 0.2) is 5.82 Å². The lowest BCUT2D eigenvalue weighted by Crippen LogP contribution is -2.38. The molecule has 0 unspecified atom stereocenters. The monoisotopic (exact) mass is 633 g/mol. The van der Waals surface area contributed by atoms with E-state index in [1.54, 1.807) is 32.3 Å². The lowest BCUT2D eigenvalue weighted by molar-refractivity contribution is -0.127. The summed E-state index contributed by atoms with van der Waals surface area (Å²) in [5, 5.41) is 12.1. The van der Waals surface area contributed by atoms with Crippen LogP contribution in [0.2, 0.25) is 5.02 Å². The standard InChI is InChI=1S/C29H37ClFN7O4S/c1-17-13-19(17)15-38(16-24(39)36(2)3)23-14-22(25(30)27(33-23)37(4)43(5,40)41)28-34-35-29(42-28)26-21(7-6-12-32-26)18-8-10-20(31)11-9-18/h8-11,14,17,19,21,26,32H,6-7,12-13,15-16H2,1-5H3/t17-,19+,21-,26-/m0/s1. The molecule has 43 heavy (non-hydrogen) atoms. The molecule has 2 aromatic heterocycles. The van der Waals surface area contributed by atoms with Crippen LogP contribution in [0.3, 0.4) is 0 Å². The number of halogens is 2. The summed E-state index contributed by atoms with van der Waals surface area (Å²) in [4.78, 5) is 20.8. The second-order valence-electron chi connectivity index (χ2n) is 11.7. The van der Waals surface area contributed by atoms with E-state index in [-0.39, 0.29) is 47.0 Å². The topological polar surface area (TPSA) is 125 Å². The maximum absolute atomic E-state index is 13.6. The Hall–Kier alpha value is -3.29. The number of hydrogen-bond acceptors (Lipinski definition) is 9. The lowest BCUT2D eigenvalue weighted by Gasteiger charge is -2.30. The first-order valence-corrected chi connectivity index (χ1v) is 16.5. The van der Waals surface area contributed by atoms with Crippen molar-refractivity contribution < 1.29 is 22.0 Å². The fourth-order valence-corrected chi connectivity index (χ4v) is 6.15. The van der Waals surface area contributed by atoms with Gasteiger partial charge in [0.25, 0.3) is 0 Å². The molecule has 14 heteroatoms. The maximum atomic E-state index is 13.6. The number of piperidine rings is 1. The molecule has 2 aliphatic rings. The number of sulfonamides is 1. The Balaban J connectivity index is 1.56. The molecule has 232 valence electrons. The molecule has 5 rings (SSSR count). The van der Waals surface area contributed by atoms with Crippen molar-refractivity contribution in [3.63, 3.8) is 0 Å². The fraction of sp³-hybridized carbons (Fsp3) is 0.517. The predicted molar refractivity (Wildman–Crippen MR) is 163 cm³/mol. The zero-order chi connectivity index (χ0) is 31.1. The minimum absolute atomic E-state index is 0.0115. The average Bonchev–Trinajstić information content (AvgIpc) is 3.44. The van der Waals surface area contributed by atoms with Crippen molar-refractivity contribution in [1.82, 2.24) is 25.4 Å². The smallest absolute Gasteiger partial charge is 0.249 e. The number of anilines is 2. The third-order valence-corrected chi connectivity index (χ3v) is 9.84. The van der Waals surface area contributed by atoms with Crippen molar-refractivity contribution in [2.75, 3.05) is 56.2 Å². The predicted octanol–water partition coefficient (Wildman–Crippen LogP) is 4.08. The molecule has 1 N–H and O–H groups in total. The van der Waals surface area contributed by atoms with Crippen LogP contribution in [0.15, 0.2) is 34.7 Å². The second kappa shape index (κ2) is 12.4. The van der Waals surface area contributed by atoms with E-state index in [1.807, 2.05) is 4.90 Å². The third-order valence-electron chi connectivity index (χ3n) is 8.30. The van der Waals surface area contributed by atoms with E-state index in [4.69, 9.17) is 16.0 Å². The summed E-state index contributed by atoms with van der Waals surface area (Å²) >= 11 is 6.81. The molecule has 1 saturated heterocycles. The largest absolute Gasteiger partial charge is 0.419 e. The first-order valence-electron chi connectivity index (χ1n) is 14.3. The van der Waals surface area contributed by atoms with Crippen molar-refractivity contribution in [1.29, 1.82) is 0 Å². The Morgan fingerprint density at radius 3 is 2.51 bits per heavy atom. The summed E-state index contributed by atoms with van der Waals surface area (Å²) in [5.41, 5.74) is 1.26. The summed E-state index contributed by atoms with van der Waals surface area (Å²) in [5.74, 6) is 1.23. The van der Waals surface area contributed by atoms with Crippen molar-refractivity contribution in [3.8, 4) is 11.5 Å². The Labute approximate surface area is 256 Å². The number of aromatic nitrogens is 3. The van der Waals surface area contributed by atoms with Crippen LogP contribution < -0.4 is 14.5 Å². The number of hydrogen-bond donors (Lipinski definition) is 1. The molecule has 11 nitrogen and oxygen atoms in total. The minimum atomic E-state index is -3.74. The summed E-state index contributed by atoms with van der Waals surface area (Å²) in [6.07, 6.45) is 3.87. The zero-order valence-electron chi connectivity index (χ0n) is 24.9. The Bertz CT molecular complexity index is 1580. The van der Waals surface area contributed by atoms with Gasteiger partial charge in [0.05, 0.1) is 29.4 Å². The molecule has 1 aliphatic carbocycles. The molecule has 0 radical (unpaired) electrons. The Morgan fingerprint density at radius 1 is 1.19 bits per heavy atom. The van der Waals surface area contributed by atoms with Crippen LogP contribution in [-0.2, 0) is 14.8 Å². The van der Waals surface area contributed by atoms with Crippen molar-refractivity contribution in [2.24, 2.45) is 11.8 Å². The van der Waals surface area contributed by atoms with Crippen molar-refractivity contribution >= 4 is 39.2 Å². The first-order chi connectivity index (χ1) is 20.3. The highest BCUT2D eigenvalue weighted by molar-refractivity contribution is 7.92. The summed E-state index contributed by atoms with van der Waals surface area (Å²) in [6.45, 7) is 3.51. The van der Waals surface area contributed by atoms with Gasteiger partial charge in [-0.2, -0.15) is 0 Å². The number of benzene rings is 1. The highest BCUT2D eigenvalue weighted by Crippen LogP contribution is 2.42. The van der Waals surface area contributed by atoms with Crippen LogP contribution in [0.4, 0.5) is 16.0 Å². The van der Waals surface area contributed by atoms with Crippen molar-refractivity contribution in [2.45, 2.75) is 38.1 Å². The SMILES string of the molecule is C[C@H]1C[C@@H]1CN(CC(=O)N(C)C)c1cc(-c2nnc([C@H]3NCCC[C@H]3c3ccc(F)cc3)o2)c(Cl)c(N(C)S(C)(=O)=O)n1. The highest BCUT2D eigenvalue weighted by Gasteiger charge is 2.36. The van der Waals surface area contributed by atoms with E-state index in [1.165, 1.54) is 24.1 Å². The van der Waals surface area contributed by atoms with E-state index in [9.17, 15) is 17.6 Å². The van der Waals surface area contributed by atoms with Crippen LogP contribution in [0.25, 0.3) is 11.5 Å². The van der Waals surface area contributed by atoms with Crippen LogP contribution in [0.1, 0.15) is 49.6 Å². The number of rotatable bonds is 10. The molecule has 3 heterocycles. The zero-order valence-corrected chi connectivity index (χ0v) is 26.5. The second-order valence-corrected chi connectivity index (χ2v) is 14.1. The average molecular weight is 634 g/mol. The molecule has 1 saturated carbocycles. The normalized spacial score (nSPS) is 21.8. The van der Waals surface area contributed by atoms with E-state index < -0.39 is 10.0 Å². The van der Waals surface area contributed by atoms with E-state index in [2.05, 4.69) is 27.4 Å². The number of likely N-dealkylation sites (N-methyl/N-ethyl adjacent to an activating group) is 1. The van der Waals surface area contributed by atoms with Gasteiger partial charge in [-0.05, 0) is 61.4 Å². The summed E-state index contributed by atoms with van der Waals surface area (Å²) in [7, 11) is 0.995. The van der Waals surface area contributed by atoms with Crippen LogP contribution in [0.5, 0.6) is 0 Å². The molecule has 2 fully saturated rings. The molecule has 1 aromatic carbocycles.